The molecule has 4 heteroatoms. The monoisotopic (exact) mass is 343 g/mol. The van der Waals surface area contributed by atoms with Crippen LogP contribution in [0, 0.1) is 20.8 Å². The van der Waals surface area contributed by atoms with Crippen molar-refractivity contribution >= 4 is 17.3 Å². The molecule has 1 aliphatic rings. The van der Waals surface area contributed by atoms with Crippen LogP contribution >= 0.6 is 11.3 Å². The van der Waals surface area contributed by atoms with Crippen LogP contribution in [-0.2, 0) is 4.79 Å². The predicted molar refractivity (Wildman–Crippen MR) is 98.8 cm³/mol. The number of piperidine rings is 1. The van der Waals surface area contributed by atoms with Crippen molar-refractivity contribution in [1.82, 2.24) is 4.90 Å². The SMILES string of the molecule is Cc1cc(C)cc(C(c2ccc(C)s2)N2CCCCC2C(=O)O)c1. The molecule has 2 unspecified atom stereocenters. The second-order valence-corrected chi connectivity index (χ2v) is 8.18. The number of aliphatic carboxylic acids is 1. The van der Waals surface area contributed by atoms with Crippen LogP contribution in [0.1, 0.15) is 51.7 Å². The minimum Gasteiger partial charge on any atom is -0.480 e. The molecule has 1 aliphatic heterocycles. The van der Waals surface area contributed by atoms with Crippen molar-refractivity contribution in [3.63, 3.8) is 0 Å². The molecule has 1 fully saturated rings. The van der Waals surface area contributed by atoms with Gasteiger partial charge in [-0.3, -0.25) is 9.69 Å². The minimum atomic E-state index is -0.697. The van der Waals surface area contributed by atoms with Crippen molar-refractivity contribution in [2.45, 2.75) is 52.1 Å². The Morgan fingerprint density at radius 1 is 1.17 bits per heavy atom. The average Bonchev–Trinajstić information content (AvgIpc) is 2.93. The molecule has 0 saturated carbocycles. The highest BCUT2D eigenvalue weighted by Gasteiger charge is 2.35. The third kappa shape index (κ3) is 3.55. The molecule has 0 radical (unpaired) electrons. The third-order valence-corrected chi connectivity index (χ3v) is 5.80. The normalized spacial score (nSPS) is 20.0. The Morgan fingerprint density at radius 2 is 1.88 bits per heavy atom. The van der Waals surface area contributed by atoms with Gasteiger partial charge in [-0.05, 0) is 57.9 Å². The highest BCUT2D eigenvalue weighted by atomic mass is 32.1. The van der Waals surface area contributed by atoms with E-state index in [1.54, 1.807) is 11.3 Å². The highest BCUT2D eigenvalue weighted by molar-refractivity contribution is 7.12. The van der Waals surface area contributed by atoms with Crippen LogP contribution in [0.4, 0.5) is 0 Å². The van der Waals surface area contributed by atoms with Crippen molar-refractivity contribution < 1.29 is 9.90 Å². The van der Waals surface area contributed by atoms with E-state index in [1.165, 1.54) is 26.4 Å². The third-order valence-electron chi connectivity index (χ3n) is 4.75. The van der Waals surface area contributed by atoms with E-state index in [1.807, 2.05) is 0 Å². The fraction of sp³-hybridized carbons (Fsp3) is 0.450. The van der Waals surface area contributed by atoms with Crippen LogP contribution in [0.15, 0.2) is 30.3 Å². The number of hydrogen-bond acceptors (Lipinski definition) is 3. The smallest absolute Gasteiger partial charge is 0.320 e. The van der Waals surface area contributed by atoms with Crippen molar-refractivity contribution in [2.24, 2.45) is 0 Å². The zero-order valence-corrected chi connectivity index (χ0v) is 15.4. The molecule has 3 rings (SSSR count). The molecule has 0 aliphatic carbocycles. The summed E-state index contributed by atoms with van der Waals surface area (Å²) in [6.07, 6.45) is 2.80. The van der Waals surface area contributed by atoms with E-state index >= 15 is 0 Å². The first-order valence-electron chi connectivity index (χ1n) is 8.59. The molecule has 0 amide bonds. The van der Waals surface area contributed by atoms with Gasteiger partial charge in [-0.25, -0.2) is 0 Å². The summed E-state index contributed by atoms with van der Waals surface area (Å²) in [7, 11) is 0. The van der Waals surface area contributed by atoms with Crippen molar-refractivity contribution in [3.8, 4) is 0 Å². The summed E-state index contributed by atoms with van der Waals surface area (Å²) in [5.74, 6) is -0.697. The van der Waals surface area contributed by atoms with E-state index in [0.29, 0.717) is 0 Å². The lowest BCUT2D eigenvalue weighted by molar-refractivity contribution is -0.145. The molecular formula is C20H25NO2S. The summed E-state index contributed by atoms with van der Waals surface area (Å²) in [5, 5.41) is 9.73. The number of benzene rings is 1. The Kier molecular flexibility index (Phi) is 5.07. The predicted octanol–water partition coefficient (Wildman–Crippen LogP) is 4.70. The van der Waals surface area contributed by atoms with Crippen LogP contribution in [0.3, 0.4) is 0 Å². The zero-order chi connectivity index (χ0) is 17.3. The first kappa shape index (κ1) is 17.2. The van der Waals surface area contributed by atoms with Crippen molar-refractivity contribution in [3.05, 3.63) is 56.8 Å². The van der Waals surface area contributed by atoms with Gasteiger partial charge in [0, 0.05) is 9.75 Å². The first-order valence-corrected chi connectivity index (χ1v) is 9.40. The van der Waals surface area contributed by atoms with Gasteiger partial charge in [-0.1, -0.05) is 35.7 Å². The molecule has 0 bridgehead atoms. The van der Waals surface area contributed by atoms with E-state index in [4.69, 9.17) is 0 Å². The fourth-order valence-electron chi connectivity index (χ4n) is 3.82. The Labute approximate surface area is 147 Å². The van der Waals surface area contributed by atoms with Gasteiger partial charge >= 0.3 is 5.97 Å². The number of rotatable bonds is 4. The summed E-state index contributed by atoms with van der Waals surface area (Å²) in [6, 6.07) is 10.5. The maximum atomic E-state index is 11.8. The van der Waals surface area contributed by atoms with Gasteiger partial charge in [0.2, 0.25) is 0 Å². The number of nitrogens with zero attached hydrogens (tertiary/aromatic N) is 1. The van der Waals surface area contributed by atoms with Gasteiger partial charge in [0.15, 0.2) is 0 Å². The van der Waals surface area contributed by atoms with Crippen LogP contribution in [0.25, 0.3) is 0 Å². The Hall–Kier alpha value is -1.65. The van der Waals surface area contributed by atoms with E-state index in [9.17, 15) is 9.90 Å². The lowest BCUT2D eigenvalue weighted by Gasteiger charge is -2.39. The zero-order valence-electron chi connectivity index (χ0n) is 14.6. The van der Waals surface area contributed by atoms with Gasteiger partial charge < -0.3 is 5.11 Å². The summed E-state index contributed by atoms with van der Waals surface area (Å²) in [4.78, 5) is 16.5. The van der Waals surface area contributed by atoms with Crippen molar-refractivity contribution in [1.29, 1.82) is 0 Å². The molecule has 128 valence electrons. The standard InChI is InChI=1S/C20H25NO2S/c1-13-10-14(2)12-16(11-13)19(18-8-7-15(3)24-18)21-9-5-4-6-17(21)20(22)23/h7-8,10-12,17,19H,4-6,9H2,1-3H3,(H,22,23). The molecule has 1 N–H and O–H groups in total. The molecule has 2 atom stereocenters. The molecule has 24 heavy (non-hydrogen) atoms. The minimum absolute atomic E-state index is 0.0312. The Bertz CT molecular complexity index is 717. The summed E-state index contributed by atoms with van der Waals surface area (Å²) >= 11 is 1.78. The number of thiophene rings is 1. The van der Waals surface area contributed by atoms with E-state index in [0.717, 1.165) is 25.8 Å². The number of carbonyl (C=O) groups is 1. The van der Waals surface area contributed by atoms with Crippen LogP contribution in [-0.4, -0.2) is 28.6 Å². The van der Waals surface area contributed by atoms with Crippen molar-refractivity contribution in [2.75, 3.05) is 6.54 Å². The Morgan fingerprint density at radius 3 is 2.46 bits per heavy atom. The number of likely N-dealkylation sites (tertiary alicyclic amines) is 1. The van der Waals surface area contributed by atoms with Gasteiger partial charge in [0.05, 0.1) is 6.04 Å². The highest BCUT2D eigenvalue weighted by Crippen LogP contribution is 2.38. The molecule has 3 nitrogen and oxygen atoms in total. The number of carboxylic acid groups (broad SMARTS) is 1. The second kappa shape index (κ2) is 7.08. The molecule has 2 heterocycles. The van der Waals surface area contributed by atoms with E-state index in [-0.39, 0.29) is 6.04 Å². The first-order chi connectivity index (χ1) is 11.5. The van der Waals surface area contributed by atoms with E-state index < -0.39 is 12.0 Å². The van der Waals surface area contributed by atoms with Crippen LogP contribution in [0.5, 0.6) is 0 Å². The topological polar surface area (TPSA) is 40.5 Å². The molecule has 2 aromatic rings. The lowest BCUT2D eigenvalue weighted by Crippen LogP contribution is -2.46. The lowest BCUT2D eigenvalue weighted by atomic mass is 9.93. The number of carboxylic acids is 1. The Balaban J connectivity index is 2.09. The summed E-state index contributed by atoms with van der Waals surface area (Å²) < 4.78 is 0. The fourth-order valence-corrected chi connectivity index (χ4v) is 4.84. The number of aryl methyl sites for hydroxylation is 3. The average molecular weight is 343 g/mol. The quantitative estimate of drug-likeness (QED) is 0.874. The largest absolute Gasteiger partial charge is 0.480 e. The second-order valence-electron chi connectivity index (χ2n) is 6.86. The van der Waals surface area contributed by atoms with Gasteiger partial charge in [-0.2, -0.15) is 0 Å². The molecule has 0 spiro atoms. The van der Waals surface area contributed by atoms with Gasteiger partial charge in [0.25, 0.3) is 0 Å². The molecule has 1 saturated heterocycles. The maximum Gasteiger partial charge on any atom is 0.320 e. The van der Waals surface area contributed by atoms with Crippen LogP contribution < -0.4 is 0 Å². The summed E-state index contributed by atoms with van der Waals surface area (Å²) in [5.41, 5.74) is 3.67. The maximum absolute atomic E-state index is 11.8. The van der Waals surface area contributed by atoms with E-state index in [2.05, 4.69) is 56.0 Å². The van der Waals surface area contributed by atoms with Crippen LogP contribution in [0.2, 0.25) is 0 Å². The molecular weight excluding hydrogens is 318 g/mol. The van der Waals surface area contributed by atoms with Gasteiger partial charge in [-0.15, -0.1) is 11.3 Å². The summed E-state index contributed by atoms with van der Waals surface area (Å²) in [6.45, 7) is 7.17. The van der Waals surface area contributed by atoms with Gasteiger partial charge in [0.1, 0.15) is 6.04 Å². The molecule has 1 aromatic heterocycles. The molecule has 1 aromatic carbocycles. The number of hydrogen-bond donors (Lipinski definition) is 1.